The van der Waals surface area contributed by atoms with Crippen LogP contribution in [-0.4, -0.2) is 16.1 Å². The maximum atomic E-state index is 13.2. The Morgan fingerprint density at radius 2 is 2.21 bits per heavy atom. The maximum absolute atomic E-state index is 13.2. The van der Waals surface area contributed by atoms with Gasteiger partial charge in [-0.25, -0.2) is 9.37 Å². The van der Waals surface area contributed by atoms with Crippen LogP contribution in [0.25, 0.3) is 11.1 Å². The predicted molar refractivity (Wildman–Crippen MR) is 66.6 cm³/mol. The van der Waals surface area contributed by atoms with Gasteiger partial charge in [-0.1, -0.05) is 25.4 Å². The highest BCUT2D eigenvalue weighted by Gasteiger charge is 2.65. The van der Waals surface area contributed by atoms with Crippen LogP contribution in [0.15, 0.2) is 16.5 Å². The lowest BCUT2D eigenvalue weighted by atomic mass is 10.1. The minimum atomic E-state index is -0.880. The highest BCUT2D eigenvalue weighted by Crippen LogP contribution is 2.64. The van der Waals surface area contributed by atoms with Crippen LogP contribution in [0.5, 0.6) is 0 Å². The smallest absolute Gasteiger partial charge is 0.307 e. The van der Waals surface area contributed by atoms with Crippen molar-refractivity contribution in [3.05, 3.63) is 28.9 Å². The Hall–Kier alpha value is -1.62. The number of aromatic nitrogens is 1. The first-order valence-electron chi connectivity index (χ1n) is 5.80. The van der Waals surface area contributed by atoms with Crippen molar-refractivity contribution in [2.24, 2.45) is 11.3 Å². The fourth-order valence-electron chi connectivity index (χ4n) is 2.67. The molecule has 3 rings (SSSR count). The number of benzene rings is 1. The van der Waals surface area contributed by atoms with Gasteiger partial charge in [0.1, 0.15) is 11.3 Å². The van der Waals surface area contributed by atoms with E-state index in [1.165, 1.54) is 6.07 Å². The van der Waals surface area contributed by atoms with Crippen molar-refractivity contribution >= 4 is 28.7 Å². The minimum Gasteiger partial charge on any atom is -0.481 e. The van der Waals surface area contributed by atoms with Gasteiger partial charge in [-0.2, -0.15) is 0 Å². The summed E-state index contributed by atoms with van der Waals surface area (Å²) in [6.45, 7) is 3.68. The molecule has 6 heteroatoms. The first-order chi connectivity index (χ1) is 8.82. The average molecular weight is 284 g/mol. The van der Waals surface area contributed by atoms with Gasteiger partial charge in [-0.05, 0) is 11.5 Å². The summed E-state index contributed by atoms with van der Waals surface area (Å²) in [5.74, 6) is -1.92. The Balaban J connectivity index is 2.09. The van der Waals surface area contributed by atoms with Crippen LogP contribution in [0.3, 0.4) is 0 Å². The van der Waals surface area contributed by atoms with Crippen LogP contribution in [0, 0.1) is 17.2 Å². The number of fused-ring (bicyclic) bond motifs is 1. The molecule has 19 heavy (non-hydrogen) atoms. The van der Waals surface area contributed by atoms with Crippen LogP contribution in [0.4, 0.5) is 4.39 Å². The molecule has 0 amide bonds. The molecule has 0 spiro atoms. The molecule has 2 aromatic rings. The molecule has 0 aliphatic heterocycles. The van der Waals surface area contributed by atoms with Crippen LogP contribution < -0.4 is 0 Å². The first-order valence-corrected chi connectivity index (χ1v) is 6.18. The fraction of sp³-hybridized carbons (Fsp3) is 0.385. The molecular formula is C13H11ClFNO3. The lowest BCUT2D eigenvalue weighted by Gasteiger charge is -1.96. The Bertz CT molecular complexity index is 694. The zero-order chi connectivity index (χ0) is 13.9. The van der Waals surface area contributed by atoms with Crippen molar-refractivity contribution in [3.63, 3.8) is 0 Å². The summed E-state index contributed by atoms with van der Waals surface area (Å²) >= 11 is 5.88. The van der Waals surface area contributed by atoms with Gasteiger partial charge in [0.05, 0.1) is 16.9 Å². The third-order valence-electron chi connectivity index (χ3n) is 3.79. The molecule has 1 heterocycles. The molecule has 1 N–H and O–H groups in total. The van der Waals surface area contributed by atoms with Crippen LogP contribution in [0.1, 0.15) is 25.7 Å². The number of aliphatic carboxylic acids is 1. The predicted octanol–water partition coefficient (Wildman–Crippen LogP) is 3.44. The SMILES string of the molecule is CC1(C)C(C(=O)O)C1c1nc2cc(F)cc(Cl)c2o1. The molecule has 2 unspecified atom stereocenters. The zero-order valence-corrected chi connectivity index (χ0v) is 11.0. The molecule has 2 atom stereocenters. The molecule has 4 nitrogen and oxygen atoms in total. The van der Waals surface area contributed by atoms with E-state index in [4.69, 9.17) is 21.1 Å². The molecule has 1 aliphatic rings. The van der Waals surface area contributed by atoms with E-state index >= 15 is 0 Å². The van der Waals surface area contributed by atoms with Crippen molar-refractivity contribution in [1.29, 1.82) is 0 Å². The Morgan fingerprint density at radius 3 is 2.79 bits per heavy atom. The molecule has 1 saturated carbocycles. The number of hydrogen-bond acceptors (Lipinski definition) is 3. The van der Waals surface area contributed by atoms with Crippen molar-refractivity contribution in [3.8, 4) is 0 Å². The monoisotopic (exact) mass is 283 g/mol. The molecule has 1 aromatic heterocycles. The number of carboxylic acids is 1. The minimum absolute atomic E-state index is 0.138. The Labute approximate surface area is 113 Å². The summed E-state index contributed by atoms with van der Waals surface area (Å²) in [7, 11) is 0. The summed E-state index contributed by atoms with van der Waals surface area (Å²) in [5.41, 5.74) is 0.189. The van der Waals surface area contributed by atoms with E-state index in [0.29, 0.717) is 17.0 Å². The van der Waals surface area contributed by atoms with Gasteiger partial charge in [0.2, 0.25) is 0 Å². The number of oxazole rings is 1. The standard InChI is InChI=1S/C13H11ClFNO3/c1-13(2)8(9(13)12(17)18)11-16-7-4-5(15)3-6(14)10(7)19-11/h3-4,8-9H,1-2H3,(H,17,18). The van der Waals surface area contributed by atoms with E-state index in [1.54, 1.807) is 0 Å². The number of halogens is 2. The molecule has 100 valence electrons. The lowest BCUT2D eigenvalue weighted by molar-refractivity contribution is -0.139. The van der Waals surface area contributed by atoms with E-state index in [-0.39, 0.29) is 10.9 Å². The number of carboxylic acid groups (broad SMARTS) is 1. The summed E-state index contributed by atoms with van der Waals surface area (Å²) < 4.78 is 18.7. The lowest BCUT2D eigenvalue weighted by Crippen LogP contribution is -2.03. The second-order valence-electron chi connectivity index (χ2n) is 5.40. The van der Waals surface area contributed by atoms with Gasteiger partial charge in [0.25, 0.3) is 0 Å². The average Bonchev–Trinajstić information content (AvgIpc) is 2.65. The topological polar surface area (TPSA) is 63.3 Å². The van der Waals surface area contributed by atoms with Crippen LogP contribution in [-0.2, 0) is 4.79 Å². The molecule has 1 aromatic carbocycles. The zero-order valence-electron chi connectivity index (χ0n) is 10.3. The number of hydrogen-bond donors (Lipinski definition) is 1. The van der Waals surface area contributed by atoms with E-state index in [9.17, 15) is 9.18 Å². The maximum Gasteiger partial charge on any atom is 0.307 e. The largest absolute Gasteiger partial charge is 0.481 e. The molecular weight excluding hydrogens is 273 g/mol. The fourth-order valence-corrected chi connectivity index (χ4v) is 2.91. The number of carbonyl (C=O) groups is 1. The van der Waals surface area contributed by atoms with Gasteiger partial charge in [0.15, 0.2) is 11.5 Å². The summed E-state index contributed by atoms with van der Waals surface area (Å²) in [5, 5.41) is 9.28. The normalized spacial score (nSPS) is 24.6. The van der Waals surface area contributed by atoms with Gasteiger partial charge >= 0.3 is 5.97 Å². The number of nitrogens with zero attached hydrogens (tertiary/aromatic N) is 1. The van der Waals surface area contributed by atoms with E-state index in [2.05, 4.69) is 4.98 Å². The Morgan fingerprint density at radius 1 is 1.53 bits per heavy atom. The first kappa shape index (κ1) is 12.4. The summed E-state index contributed by atoms with van der Waals surface area (Å²) in [6, 6.07) is 2.37. The molecule has 0 saturated heterocycles. The Kier molecular flexibility index (Phi) is 2.41. The van der Waals surface area contributed by atoms with Gasteiger partial charge in [-0.3, -0.25) is 4.79 Å². The molecule has 0 bridgehead atoms. The summed E-state index contributed by atoms with van der Waals surface area (Å²) in [6.07, 6.45) is 0. The summed E-state index contributed by atoms with van der Waals surface area (Å²) in [4.78, 5) is 15.3. The van der Waals surface area contributed by atoms with Crippen molar-refractivity contribution in [1.82, 2.24) is 4.98 Å². The van der Waals surface area contributed by atoms with Crippen molar-refractivity contribution in [2.75, 3.05) is 0 Å². The van der Waals surface area contributed by atoms with Gasteiger partial charge in [-0.15, -0.1) is 0 Å². The van der Waals surface area contributed by atoms with Crippen molar-refractivity contribution < 1.29 is 18.7 Å². The highest BCUT2D eigenvalue weighted by atomic mass is 35.5. The quantitative estimate of drug-likeness (QED) is 0.917. The van der Waals surface area contributed by atoms with E-state index in [0.717, 1.165) is 6.07 Å². The third kappa shape index (κ3) is 1.72. The van der Waals surface area contributed by atoms with Gasteiger partial charge < -0.3 is 9.52 Å². The second kappa shape index (κ2) is 3.70. The van der Waals surface area contributed by atoms with E-state index in [1.807, 2.05) is 13.8 Å². The third-order valence-corrected chi connectivity index (χ3v) is 4.07. The molecule has 0 radical (unpaired) electrons. The van der Waals surface area contributed by atoms with Crippen LogP contribution >= 0.6 is 11.6 Å². The second-order valence-corrected chi connectivity index (χ2v) is 5.81. The highest BCUT2D eigenvalue weighted by molar-refractivity contribution is 6.34. The van der Waals surface area contributed by atoms with E-state index < -0.39 is 23.1 Å². The van der Waals surface area contributed by atoms with Gasteiger partial charge in [0, 0.05) is 6.07 Å². The molecule has 1 fully saturated rings. The van der Waals surface area contributed by atoms with Crippen molar-refractivity contribution in [2.45, 2.75) is 19.8 Å². The van der Waals surface area contributed by atoms with Crippen LogP contribution in [0.2, 0.25) is 5.02 Å². The number of rotatable bonds is 2. The molecule has 1 aliphatic carbocycles.